The Morgan fingerprint density at radius 3 is 2.52 bits per heavy atom. The number of carbonyl (C=O) groups is 1. The lowest BCUT2D eigenvalue weighted by molar-refractivity contribution is 0.0696. The number of hydrogen-bond acceptors (Lipinski definition) is 5. The van der Waals surface area contributed by atoms with E-state index < -0.39 is 26.7 Å². The molecule has 2 N–H and O–H groups in total. The second-order valence-electron chi connectivity index (χ2n) is 4.93. The number of sulfonamides is 1. The van der Waals surface area contributed by atoms with Crippen molar-refractivity contribution in [2.24, 2.45) is 0 Å². The maximum Gasteiger partial charge on any atom is 0.335 e. The van der Waals surface area contributed by atoms with Crippen LogP contribution >= 0.6 is 0 Å². The molecule has 2 aromatic rings. The summed E-state index contributed by atoms with van der Waals surface area (Å²) in [6, 6.07) is 7.46. The number of aromatic carboxylic acids is 1. The third-order valence-corrected chi connectivity index (χ3v) is 4.82. The average molecular weight is 369 g/mol. The number of carboxylic acids is 1. The molecule has 9 heteroatoms. The van der Waals surface area contributed by atoms with E-state index >= 15 is 0 Å². The van der Waals surface area contributed by atoms with Crippen molar-refractivity contribution < 1.29 is 32.2 Å². The van der Waals surface area contributed by atoms with Gasteiger partial charge in [0.1, 0.15) is 10.7 Å². The lowest BCUT2D eigenvalue weighted by atomic mass is 10.2. The van der Waals surface area contributed by atoms with Crippen LogP contribution in [0.15, 0.2) is 41.3 Å². The molecule has 0 aliphatic heterocycles. The highest BCUT2D eigenvalue weighted by Crippen LogP contribution is 2.30. The Morgan fingerprint density at radius 1 is 1.20 bits per heavy atom. The van der Waals surface area contributed by atoms with E-state index in [-0.39, 0.29) is 12.1 Å². The van der Waals surface area contributed by atoms with Crippen LogP contribution in [-0.2, 0) is 16.6 Å². The molecule has 0 heterocycles. The van der Waals surface area contributed by atoms with E-state index in [0.29, 0.717) is 17.1 Å². The average Bonchev–Trinajstić information content (AvgIpc) is 2.59. The largest absolute Gasteiger partial charge is 0.493 e. The normalized spacial score (nSPS) is 11.2. The molecule has 0 aliphatic rings. The first-order valence-electron chi connectivity index (χ1n) is 7.02. The molecule has 0 amide bonds. The molecule has 2 rings (SSSR count). The second-order valence-corrected chi connectivity index (χ2v) is 6.66. The van der Waals surface area contributed by atoms with Crippen molar-refractivity contribution in [1.29, 1.82) is 0 Å². The molecular weight excluding hydrogens is 353 g/mol. The zero-order valence-corrected chi connectivity index (χ0v) is 14.3. The number of benzene rings is 2. The zero-order chi connectivity index (χ0) is 18.6. The van der Waals surface area contributed by atoms with E-state index in [1.54, 1.807) is 18.2 Å². The summed E-state index contributed by atoms with van der Waals surface area (Å²) < 4.78 is 51.1. The summed E-state index contributed by atoms with van der Waals surface area (Å²) >= 11 is 0. The van der Waals surface area contributed by atoms with E-state index in [4.69, 9.17) is 14.6 Å². The van der Waals surface area contributed by atoms with Crippen molar-refractivity contribution in [2.45, 2.75) is 11.4 Å². The molecule has 25 heavy (non-hydrogen) atoms. The Hall–Kier alpha value is -2.65. The second kappa shape index (κ2) is 7.49. The van der Waals surface area contributed by atoms with E-state index in [1.165, 1.54) is 14.2 Å². The lowest BCUT2D eigenvalue weighted by Crippen LogP contribution is -2.25. The zero-order valence-electron chi connectivity index (χ0n) is 13.4. The van der Waals surface area contributed by atoms with E-state index in [9.17, 15) is 17.6 Å². The standard InChI is InChI=1S/C16H16FNO6S/c1-23-13-5-3-4-11(15(13)24-2)9-18-25(21,22)14-8-10(16(19)20)6-7-12(14)17/h3-8,18H,9H2,1-2H3,(H,19,20). The van der Waals surface area contributed by atoms with Crippen LogP contribution in [0.1, 0.15) is 15.9 Å². The van der Waals surface area contributed by atoms with Crippen molar-refractivity contribution in [2.75, 3.05) is 14.2 Å². The molecule has 0 aromatic heterocycles. The molecule has 0 fully saturated rings. The molecule has 2 aromatic carbocycles. The van der Waals surface area contributed by atoms with Gasteiger partial charge in [-0.1, -0.05) is 12.1 Å². The fourth-order valence-electron chi connectivity index (χ4n) is 2.19. The monoisotopic (exact) mass is 369 g/mol. The summed E-state index contributed by atoms with van der Waals surface area (Å²) in [4.78, 5) is 10.2. The van der Waals surface area contributed by atoms with Crippen molar-refractivity contribution in [3.05, 3.63) is 53.3 Å². The summed E-state index contributed by atoms with van der Waals surface area (Å²) in [6.07, 6.45) is 0. The molecule has 0 aliphatic carbocycles. The third kappa shape index (κ3) is 4.06. The maximum atomic E-state index is 13.9. The van der Waals surface area contributed by atoms with Crippen LogP contribution in [0.3, 0.4) is 0 Å². The lowest BCUT2D eigenvalue weighted by Gasteiger charge is -2.13. The highest BCUT2D eigenvalue weighted by Gasteiger charge is 2.22. The highest BCUT2D eigenvalue weighted by atomic mass is 32.2. The first kappa shape index (κ1) is 18.7. The molecule has 0 radical (unpaired) electrons. The summed E-state index contributed by atoms with van der Waals surface area (Å²) in [5.74, 6) is -1.65. The van der Waals surface area contributed by atoms with Crippen molar-refractivity contribution >= 4 is 16.0 Å². The molecule has 0 spiro atoms. The third-order valence-electron chi connectivity index (χ3n) is 3.40. The molecule has 0 saturated heterocycles. The van der Waals surface area contributed by atoms with Gasteiger partial charge in [0.25, 0.3) is 0 Å². The van der Waals surface area contributed by atoms with Gasteiger partial charge in [0.2, 0.25) is 10.0 Å². The SMILES string of the molecule is COc1cccc(CNS(=O)(=O)c2cc(C(=O)O)ccc2F)c1OC. The van der Waals surface area contributed by atoms with Crippen LogP contribution in [0.5, 0.6) is 11.5 Å². The Kier molecular flexibility index (Phi) is 5.60. The van der Waals surface area contributed by atoms with Crippen LogP contribution in [0.25, 0.3) is 0 Å². The fourth-order valence-corrected chi connectivity index (χ4v) is 3.29. The van der Waals surface area contributed by atoms with Crippen molar-refractivity contribution in [3.63, 3.8) is 0 Å². The molecule has 0 unspecified atom stereocenters. The predicted molar refractivity (Wildman–Crippen MR) is 86.9 cm³/mol. The summed E-state index contributed by atoms with van der Waals surface area (Å²) in [5.41, 5.74) is 0.140. The number of ether oxygens (including phenoxy) is 2. The molecule has 7 nitrogen and oxygen atoms in total. The first-order valence-corrected chi connectivity index (χ1v) is 8.51. The Labute approximate surface area is 144 Å². The minimum atomic E-state index is -4.27. The van der Waals surface area contributed by atoms with Crippen molar-refractivity contribution in [1.82, 2.24) is 4.72 Å². The predicted octanol–water partition coefficient (Wildman–Crippen LogP) is 2.02. The number of rotatable bonds is 7. The summed E-state index contributed by atoms with van der Waals surface area (Å²) in [6.45, 7) is -0.195. The number of halogens is 1. The van der Waals surface area contributed by atoms with Crippen LogP contribution in [0.4, 0.5) is 4.39 Å². The number of hydrogen-bond donors (Lipinski definition) is 2. The van der Waals surface area contributed by atoms with E-state index in [0.717, 1.165) is 18.2 Å². The van der Waals surface area contributed by atoms with Gasteiger partial charge >= 0.3 is 5.97 Å². The topological polar surface area (TPSA) is 102 Å². The van der Waals surface area contributed by atoms with Gasteiger partial charge in [0, 0.05) is 12.1 Å². The summed E-state index contributed by atoms with van der Waals surface area (Å²) in [5, 5.41) is 8.93. The van der Waals surface area contributed by atoms with Crippen LogP contribution in [0, 0.1) is 5.82 Å². The molecule has 0 saturated carbocycles. The molecule has 0 atom stereocenters. The number of nitrogens with one attached hydrogen (secondary N) is 1. The smallest absolute Gasteiger partial charge is 0.335 e. The first-order chi connectivity index (χ1) is 11.8. The van der Waals surface area contributed by atoms with Crippen LogP contribution in [0.2, 0.25) is 0 Å². The number of para-hydroxylation sites is 1. The van der Waals surface area contributed by atoms with Gasteiger partial charge in [-0.05, 0) is 24.3 Å². The highest BCUT2D eigenvalue weighted by molar-refractivity contribution is 7.89. The molecular formula is C16H16FNO6S. The minimum Gasteiger partial charge on any atom is -0.493 e. The minimum absolute atomic E-state index is 0.195. The Bertz CT molecular complexity index is 897. The number of carboxylic acid groups (broad SMARTS) is 1. The van der Waals surface area contributed by atoms with Gasteiger partial charge in [0.15, 0.2) is 11.5 Å². The maximum absolute atomic E-state index is 13.9. The van der Waals surface area contributed by atoms with Crippen LogP contribution in [-0.4, -0.2) is 33.7 Å². The molecule has 0 bridgehead atoms. The van der Waals surface area contributed by atoms with Gasteiger partial charge in [-0.3, -0.25) is 0 Å². The summed E-state index contributed by atoms with van der Waals surface area (Å²) in [7, 11) is -1.42. The van der Waals surface area contributed by atoms with Crippen LogP contribution < -0.4 is 14.2 Å². The van der Waals surface area contributed by atoms with Gasteiger partial charge in [-0.25, -0.2) is 22.3 Å². The Morgan fingerprint density at radius 2 is 1.92 bits per heavy atom. The van der Waals surface area contributed by atoms with E-state index in [1.807, 2.05) is 0 Å². The number of methoxy groups -OCH3 is 2. The van der Waals surface area contributed by atoms with Gasteiger partial charge < -0.3 is 14.6 Å². The Balaban J connectivity index is 2.32. The molecule has 134 valence electrons. The fraction of sp³-hybridized carbons (Fsp3) is 0.188. The van der Waals surface area contributed by atoms with Gasteiger partial charge in [-0.2, -0.15) is 0 Å². The van der Waals surface area contributed by atoms with Gasteiger partial charge in [0.05, 0.1) is 19.8 Å². The quantitative estimate of drug-likeness (QED) is 0.774. The van der Waals surface area contributed by atoms with Crippen molar-refractivity contribution in [3.8, 4) is 11.5 Å². The van der Waals surface area contributed by atoms with Gasteiger partial charge in [-0.15, -0.1) is 0 Å². The van der Waals surface area contributed by atoms with E-state index in [2.05, 4.69) is 4.72 Å².